The highest BCUT2D eigenvalue weighted by atomic mass is 35.5. The summed E-state index contributed by atoms with van der Waals surface area (Å²) in [5.74, 6) is 1.45. The van der Waals surface area contributed by atoms with E-state index in [-0.39, 0.29) is 0 Å². The van der Waals surface area contributed by atoms with E-state index >= 15 is 0 Å². The Kier molecular flexibility index (Phi) is 3.45. The molecule has 0 amide bonds. The van der Waals surface area contributed by atoms with Crippen molar-refractivity contribution in [2.45, 2.75) is 18.8 Å². The summed E-state index contributed by atoms with van der Waals surface area (Å²) in [5, 5.41) is 4.96. The summed E-state index contributed by atoms with van der Waals surface area (Å²) in [6, 6.07) is 12.4. The van der Waals surface area contributed by atoms with Crippen molar-refractivity contribution < 1.29 is 0 Å². The molecule has 1 N–H and O–H groups in total. The molecule has 0 radical (unpaired) electrons. The second kappa shape index (κ2) is 5.31. The van der Waals surface area contributed by atoms with Crippen molar-refractivity contribution in [2.75, 3.05) is 13.1 Å². The molecule has 1 fully saturated rings. The maximum atomic E-state index is 6.42. The highest BCUT2D eigenvalue weighted by molar-refractivity contribution is 6.36. The molecule has 21 heavy (non-hydrogen) atoms. The molecule has 0 aromatic heterocycles. The van der Waals surface area contributed by atoms with Gasteiger partial charge in [-0.1, -0.05) is 47.5 Å². The molecule has 0 bridgehead atoms. The summed E-state index contributed by atoms with van der Waals surface area (Å²) in [4.78, 5) is 0. The van der Waals surface area contributed by atoms with Gasteiger partial charge >= 0.3 is 0 Å². The monoisotopic (exact) mass is 317 g/mol. The van der Waals surface area contributed by atoms with E-state index in [1.165, 1.54) is 29.5 Å². The largest absolute Gasteiger partial charge is 0.316 e. The summed E-state index contributed by atoms with van der Waals surface area (Å²) < 4.78 is 0. The van der Waals surface area contributed by atoms with Gasteiger partial charge in [-0.25, -0.2) is 0 Å². The molecule has 2 atom stereocenters. The molecule has 1 aliphatic heterocycles. The molecule has 2 aliphatic rings. The van der Waals surface area contributed by atoms with E-state index in [2.05, 4.69) is 23.5 Å². The molecule has 2 aromatic carbocycles. The van der Waals surface area contributed by atoms with Crippen LogP contribution in [0.5, 0.6) is 0 Å². The zero-order valence-corrected chi connectivity index (χ0v) is 13.2. The molecule has 3 heteroatoms. The number of hydrogen-bond donors (Lipinski definition) is 1. The fraction of sp³-hybridized carbons (Fsp3) is 0.333. The normalized spacial score (nSPS) is 23.7. The standard InChI is InChI=1S/C18H17Cl2N/c19-12-4-5-15(18(20)9-12)13-2-1-3-14-16(13)8-11-6-7-21-10-17(11)14/h1-5,9,11,17,21H,6-8,10H2. The molecular formula is C18H17Cl2N. The van der Waals surface area contributed by atoms with E-state index in [0.717, 1.165) is 29.6 Å². The highest BCUT2D eigenvalue weighted by Gasteiger charge is 2.35. The average Bonchev–Trinajstić information content (AvgIpc) is 2.86. The first-order valence-corrected chi connectivity index (χ1v) is 8.27. The Balaban J connectivity index is 1.84. The first-order chi connectivity index (χ1) is 10.2. The zero-order valence-electron chi connectivity index (χ0n) is 11.7. The van der Waals surface area contributed by atoms with E-state index < -0.39 is 0 Å². The maximum absolute atomic E-state index is 6.42. The average molecular weight is 318 g/mol. The second-order valence-corrected chi connectivity index (χ2v) is 6.90. The lowest BCUT2D eigenvalue weighted by Gasteiger charge is -2.26. The smallest absolute Gasteiger partial charge is 0.0499 e. The van der Waals surface area contributed by atoms with Crippen molar-refractivity contribution in [2.24, 2.45) is 5.92 Å². The molecule has 0 saturated carbocycles. The molecule has 1 saturated heterocycles. The third-order valence-electron chi connectivity index (χ3n) is 4.92. The van der Waals surface area contributed by atoms with Gasteiger partial charge in [0.15, 0.2) is 0 Å². The molecule has 108 valence electrons. The number of hydrogen-bond acceptors (Lipinski definition) is 1. The maximum Gasteiger partial charge on any atom is 0.0499 e. The fourth-order valence-corrected chi connectivity index (χ4v) is 4.43. The number of benzene rings is 2. The third-order valence-corrected chi connectivity index (χ3v) is 5.47. The van der Waals surface area contributed by atoms with Gasteiger partial charge in [0.1, 0.15) is 0 Å². The van der Waals surface area contributed by atoms with Crippen molar-refractivity contribution in [1.29, 1.82) is 0 Å². The van der Waals surface area contributed by atoms with E-state index in [0.29, 0.717) is 10.9 Å². The SMILES string of the molecule is Clc1ccc(-c2cccc3c2CC2CCNCC32)c(Cl)c1. The summed E-state index contributed by atoms with van der Waals surface area (Å²) in [6.45, 7) is 2.25. The predicted molar refractivity (Wildman–Crippen MR) is 89.3 cm³/mol. The summed E-state index contributed by atoms with van der Waals surface area (Å²) in [7, 11) is 0. The molecule has 2 aromatic rings. The summed E-state index contributed by atoms with van der Waals surface area (Å²) >= 11 is 12.5. The molecular weight excluding hydrogens is 301 g/mol. The quantitative estimate of drug-likeness (QED) is 0.788. The molecule has 4 rings (SSSR count). The van der Waals surface area contributed by atoms with Gasteiger partial charge in [-0.2, -0.15) is 0 Å². The van der Waals surface area contributed by atoms with Crippen LogP contribution in [0.15, 0.2) is 36.4 Å². The minimum atomic E-state index is 0.666. The van der Waals surface area contributed by atoms with Crippen LogP contribution in [0, 0.1) is 5.92 Å². The van der Waals surface area contributed by atoms with Crippen LogP contribution >= 0.6 is 23.2 Å². The van der Waals surface area contributed by atoms with Crippen LogP contribution in [-0.4, -0.2) is 13.1 Å². The Labute approximate surface area is 135 Å². The highest BCUT2D eigenvalue weighted by Crippen LogP contribution is 2.45. The number of nitrogens with one attached hydrogen (secondary N) is 1. The molecule has 1 aliphatic carbocycles. The van der Waals surface area contributed by atoms with Crippen molar-refractivity contribution in [3.63, 3.8) is 0 Å². The van der Waals surface area contributed by atoms with Gasteiger partial charge in [-0.3, -0.25) is 0 Å². The summed E-state index contributed by atoms with van der Waals surface area (Å²) in [6.07, 6.45) is 2.45. The van der Waals surface area contributed by atoms with Crippen LogP contribution in [-0.2, 0) is 6.42 Å². The van der Waals surface area contributed by atoms with Crippen LogP contribution < -0.4 is 5.32 Å². The van der Waals surface area contributed by atoms with Crippen LogP contribution in [0.2, 0.25) is 10.0 Å². The lowest BCUT2D eigenvalue weighted by atomic mass is 9.87. The molecule has 1 heterocycles. The lowest BCUT2D eigenvalue weighted by molar-refractivity contribution is 0.347. The van der Waals surface area contributed by atoms with Crippen LogP contribution in [0.4, 0.5) is 0 Å². The first-order valence-electron chi connectivity index (χ1n) is 7.52. The van der Waals surface area contributed by atoms with Crippen molar-refractivity contribution in [3.05, 3.63) is 57.6 Å². The predicted octanol–water partition coefficient (Wildman–Crippen LogP) is 4.91. The molecule has 1 nitrogen and oxygen atoms in total. The van der Waals surface area contributed by atoms with Gasteiger partial charge in [-0.15, -0.1) is 0 Å². The van der Waals surface area contributed by atoms with E-state index in [4.69, 9.17) is 23.2 Å². The van der Waals surface area contributed by atoms with Gasteiger partial charge in [0.05, 0.1) is 0 Å². The van der Waals surface area contributed by atoms with Crippen molar-refractivity contribution in [3.8, 4) is 11.1 Å². The van der Waals surface area contributed by atoms with Gasteiger partial charge in [0.25, 0.3) is 0 Å². The number of fused-ring (bicyclic) bond motifs is 3. The lowest BCUT2D eigenvalue weighted by Crippen LogP contribution is -2.32. The Bertz CT molecular complexity index is 696. The first kappa shape index (κ1) is 13.6. The second-order valence-electron chi connectivity index (χ2n) is 6.06. The molecule has 0 spiro atoms. The van der Waals surface area contributed by atoms with Gasteiger partial charge < -0.3 is 5.32 Å². The van der Waals surface area contributed by atoms with Crippen LogP contribution in [0.3, 0.4) is 0 Å². The van der Waals surface area contributed by atoms with Crippen molar-refractivity contribution in [1.82, 2.24) is 5.32 Å². The van der Waals surface area contributed by atoms with Gasteiger partial charge in [0, 0.05) is 22.2 Å². The van der Waals surface area contributed by atoms with E-state index in [9.17, 15) is 0 Å². The Morgan fingerprint density at radius 2 is 1.95 bits per heavy atom. The van der Waals surface area contributed by atoms with Gasteiger partial charge in [0.2, 0.25) is 0 Å². The zero-order chi connectivity index (χ0) is 14.4. The van der Waals surface area contributed by atoms with Gasteiger partial charge in [-0.05, 0) is 60.0 Å². The van der Waals surface area contributed by atoms with Crippen LogP contribution in [0.1, 0.15) is 23.5 Å². The van der Waals surface area contributed by atoms with E-state index in [1.54, 1.807) is 0 Å². The Hall–Kier alpha value is -1.02. The minimum absolute atomic E-state index is 0.666. The summed E-state index contributed by atoms with van der Waals surface area (Å²) in [5.41, 5.74) is 5.38. The Morgan fingerprint density at radius 3 is 2.81 bits per heavy atom. The number of rotatable bonds is 1. The molecule has 2 unspecified atom stereocenters. The van der Waals surface area contributed by atoms with E-state index in [1.807, 2.05) is 18.2 Å². The van der Waals surface area contributed by atoms with Crippen LogP contribution in [0.25, 0.3) is 11.1 Å². The number of halogens is 2. The number of piperidine rings is 1. The Morgan fingerprint density at radius 1 is 1.05 bits per heavy atom. The third kappa shape index (κ3) is 2.28. The minimum Gasteiger partial charge on any atom is -0.316 e. The fourth-order valence-electron chi connectivity index (χ4n) is 3.92. The van der Waals surface area contributed by atoms with Crippen molar-refractivity contribution >= 4 is 23.2 Å². The topological polar surface area (TPSA) is 12.0 Å².